The van der Waals surface area contributed by atoms with Crippen molar-refractivity contribution in [1.29, 1.82) is 0 Å². The fourth-order valence-electron chi connectivity index (χ4n) is 2.01. The molecule has 5 nitrogen and oxygen atoms in total. The number of morpholine rings is 1. The molecule has 1 saturated heterocycles. The topological polar surface area (TPSA) is 50.8 Å². The summed E-state index contributed by atoms with van der Waals surface area (Å²) in [6.07, 6.45) is -0.407. The summed E-state index contributed by atoms with van der Waals surface area (Å²) in [6, 6.07) is 7.51. The standard InChI is InChI=1S/C13H18N2O3/c1-14-9-12-13(16)15(6-7-18-12)10-4-3-5-11(8-10)17-2/h3-5,8,12,14H,6-7,9H2,1-2H3. The van der Waals surface area contributed by atoms with Crippen LogP contribution in [0, 0.1) is 0 Å². The Labute approximate surface area is 107 Å². The predicted molar refractivity (Wildman–Crippen MR) is 69.0 cm³/mol. The molecule has 1 amide bonds. The van der Waals surface area contributed by atoms with Crippen LogP contribution in [0.15, 0.2) is 24.3 Å². The average Bonchev–Trinajstić information content (AvgIpc) is 2.41. The molecule has 0 radical (unpaired) electrons. The van der Waals surface area contributed by atoms with Crippen molar-refractivity contribution < 1.29 is 14.3 Å². The lowest BCUT2D eigenvalue weighted by Crippen LogP contribution is -2.51. The van der Waals surface area contributed by atoms with Gasteiger partial charge in [-0.2, -0.15) is 0 Å². The summed E-state index contributed by atoms with van der Waals surface area (Å²) in [6.45, 7) is 1.65. The molecule has 1 unspecified atom stereocenters. The Morgan fingerprint density at radius 2 is 2.39 bits per heavy atom. The minimum atomic E-state index is -0.407. The van der Waals surface area contributed by atoms with Gasteiger partial charge in [0.15, 0.2) is 0 Å². The average molecular weight is 250 g/mol. The number of carbonyl (C=O) groups is 1. The minimum Gasteiger partial charge on any atom is -0.497 e. The van der Waals surface area contributed by atoms with Crippen molar-refractivity contribution in [1.82, 2.24) is 5.32 Å². The first-order valence-electron chi connectivity index (χ1n) is 5.98. The lowest BCUT2D eigenvalue weighted by molar-refractivity contribution is -0.133. The first-order chi connectivity index (χ1) is 8.76. The molecule has 1 heterocycles. The van der Waals surface area contributed by atoms with Crippen LogP contribution in [0.4, 0.5) is 5.69 Å². The third-order valence-electron chi connectivity index (χ3n) is 2.93. The molecule has 1 aliphatic heterocycles. The number of rotatable bonds is 4. The van der Waals surface area contributed by atoms with Crippen LogP contribution in [0.25, 0.3) is 0 Å². The molecule has 5 heteroatoms. The van der Waals surface area contributed by atoms with Crippen molar-refractivity contribution >= 4 is 11.6 Å². The SMILES string of the molecule is CNCC1OCCN(c2cccc(OC)c2)C1=O. The molecule has 2 rings (SSSR count). The zero-order chi connectivity index (χ0) is 13.0. The smallest absolute Gasteiger partial charge is 0.257 e. The lowest BCUT2D eigenvalue weighted by Gasteiger charge is -2.32. The van der Waals surface area contributed by atoms with Gasteiger partial charge in [-0.25, -0.2) is 0 Å². The molecule has 0 aliphatic carbocycles. The molecular formula is C13H18N2O3. The Hall–Kier alpha value is -1.59. The molecule has 0 aromatic heterocycles. The second-order valence-corrected chi connectivity index (χ2v) is 4.11. The second-order valence-electron chi connectivity index (χ2n) is 4.11. The summed E-state index contributed by atoms with van der Waals surface area (Å²) in [5.41, 5.74) is 0.851. The molecule has 1 atom stereocenters. The third kappa shape index (κ3) is 2.63. The van der Waals surface area contributed by atoms with Crippen LogP contribution in [-0.4, -0.2) is 45.9 Å². The second kappa shape index (κ2) is 5.84. The molecule has 1 aliphatic rings. The molecule has 1 aromatic rings. The summed E-state index contributed by atoms with van der Waals surface area (Å²) in [5, 5.41) is 2.97. The maximum absolute atomic E-state index is 12.2. The van der Waals surface area contributed by atoms with Gasteiger partial charge in [0.2, 0.25) is 0 Å². The number of benzene rings is 1. The zero-order valence-electron chi connectivity index (χ0n) is 10.7. The Morgan fingerprint density at radius 3 is 3.11 bits per heavy atom. The van der Waals surface area contributed by atoms with Crippen molar-refractivity contribution in [3.8, 4) is 5.75 Å². The maximum Gasteiger partial charge on any atom is 0.257 e. The van der Waals surface area contributed by atoms with E-state index in [-0.39, 0.29) is 5.91 Å². The summed E-state index contributed by atoms with van der Waals surface area (Å²) in [5.74, 6) is 0.737. The molecule has 18 heavy (non-hydrogen) atoms. The highest BCUT2D eigenvalue weighted by Gasteiger charge is 2.29. The molecule has 0 saturated carbocycles. The van der Waals surface area contributed by atoms with Gasteiger partial charge in [0, 0.05) is 24.8 Å². The fraction of sp³-hybridized carbons (Fsp3) is 0.462. The van der Waals surface area contributed by atoms with Crippen molar-refractivity contribution in [2.24, 2.45) is 0 Å². The number of ether oxygens (including phenoxy) is 2. The first kappa shape index (κ1) is 12.9. The Kier molecular flexibility index (Phi) is 4.17. The monoisotopic (exact) mass is 250 g/mol. The van der Waals surface area contributed by atoms with E-state index in [4.69, 9.17) is 9.47 Å². The number of anilines is 1. The largest absolute Gasteiger partial charge is 0.497 e. The minimum absolute atomic E-state index is 0.0103. The first-order valence-corrected chi connectivity index (χ1v) is 5.98. The predicted octanol–water partition coefficient (Wildman–Crippen LogP) is 0.646. The fourth-order valence-corrected chi connectivity index (χ4v) is 2.01. The molecule has 1 fully saturated rings. The van der Waals surface area contributed by atoms with Crippen LogP contribution < -0.4 is 15.0 Å². The summed E-state index contributed by atoms with van der Waals surface area (Å²) in [4.78, 5) is 14.0. The number of methoxy groups -OCH3 is 1. The van der Waals surface area contributed by atoms with Crippen molar-refractivity contribution in [2.75, 3.05) is 38.8 Å². The molecule has 1 N–H and O–H groups in total. The highest BCUT2D eigenvalue weighted by Crippen LogP contribution is 2.23. The number of nitrogens with one attached hydrogen (secondary N) is 1. The van der Waals surface area contributed by atoms with Gasteiger partial charge in [-0.05, 0) is 19.2 Å². The number of nitrogens with zero attached hydrogens (tertiary/aromatic N) is 1. The van der Waals surface area contributed by atoms with Gasteiger partial charge in [-0.3, -0.25) is 4.79 Å². The lowest BCUT2D eigenvalue weighted by atomic mass is 10.2. The van der Waals surface area contributed by atoms with Crippen LogP contribution in [0.3, 0.4) is 0 Å². The Morgan fingerprint density at radius 1 is 1.56 bits per heavy atom. The van der Waals surface area contributed by atoms with Crippen LogP contribution in [-0.2, 0) is 9.53 Å². The van der Waals surface area contributed by atoms with E-state index in [1.807, 2.05) is 24.3 Å². The normalized spacial score (nSPS) is 20.0. The summed E-state index contributed by atoms with van der Waals surface area (Å²) in [7, 11) is 3.42. The molecule has 1 aromatic carbocycles. The van der Waals surface area contributed by atoms with E-state index in [9.17, 15) is 4.79 Å². The number of amides is 1. The van der Waals surface area contributed by atoms with Gasteiger partial charge in [0.05, 0.1) is 13.7 Å². The van der Waals surface area contributed by atoms with Gasteiger partial charge in [-0.15, -0.1) is 0 Å². The number of hydrogen-bond acceptors (Lipinski definition) is 4. The molecule has 98 valence electrons. The van der Waals surface area contributed by atoms with Crippen LogP contribution in [0.1, 0.15) is 0 Å². The molecular weight excluding hydrogens is 232 g/mol. The van der Waals surface area contributed by atoms with E-state index < -0.39 is 6.10 Å². The van der Waals surface area contributed by atoms with Crippen LogP contribution in [0.2, 0.25) is 0 Å². The van der Waals surface area contributed by atoms with E-state index in [2.05, 4.69) is 5.32 Å². The van der Waals surface area contributed by atoms with Gasteiger partial charge < -0.3 is 19.7 Å². The summed E-state index contributed by atoms with van der Waals surface area (Å²) >= 11 is 0. The van der Waals surface area contributed by atoms with Gasteiger partial charge in [-0.1, -0.05) is 6.07 Å². The van der Waals surface area contributed by atoms with E-state index in [1.165, 1.54) is 0 Å². The molecule has 0 bridgehead atoms. The van der Waals surface area contributed by atoms with Crippen molar-refractivity contribution in [3.05, 3.63) is 24.3 Å². The van der Waals surface area contributed by atoms with Crippen LogP contribution >= 0.6 is 0 Å². The third-order valence-corrected chi connectivity index (χ3v) is 2.93. The van der Waals surface area contributed by atoms with Gasteiger partial charge >= 0.3 is 0 Å². The number of hydrogen-bond donors (Lipinski definition) is 1. The van der Waals surface area contributed by atoms with E-state index in [0.29, 0.717) is 19.7 Å². The van der Waals surface area contributed by atoms with E-state index in [1.54, 1.807) is 19.1 Å². The van der Waals surface area contributed by atoms with E-state index in [0.717, 1.165) is 11.4 Å². The van der Waals surface area contributed by atoms with Crippen molar-refractivity contribution in [2.45, 2.75) is 6.10 Å². The summed E-state index contributed by atoms with van der Waals surface area (Å²) < 4.78 is 10.6. The van der Waals surface area contributed by atoms with Gasteiger partial charge in [0.25, 0.3) is 5.91 Å². The van der Waals surface area contributed by atoms with Crippen molar-refractivity contribution in [3.63, 3.8) is 0 Å². The zero-order valence-corrected chi connectivity index (χ0v) is 10.7. The Balaban J connectivity index is 2.18. The van der Waals surface area contributed by atoms with Gasteiger partial charge in [0.1, 0.15) is 11.9 Å². The Bertz CT molecular complexity index is 420. The number of likely N-dealkylation sites (N-methyl/N-ethyl adjacent to an activating group) is 1. The van der Waals surface area contributed by atoms with E-state index >= 15 is 0 Å². The van der Waals surface area contributed by atoms with Crippen LogP contribution in [0.5, 0.6) is 5.75 Å². The quantitative estimate of drug-likeness (QED) is 0.852. The highest BCUT2D eigenvalue weighted by molar-refractivity contribution is 5.97. The highest BCUT2D eigenvalue weighted by atomic mass is 16.5. The number of carbonyl (C=O) groups excluding carboxylic acids is 1. The maximum atomic E-state index is 12.2. The molecule has 0 spiro atoms.